The van der Waals surface area contributed by atoms with Gasteiger partial charge in [0.2, 0.25) is 0 Å². The van der Waals surface area contributed by atoms with Crippen molar-refractivity contribution < 1.29 is 9.18 Å². The molecule has 4 heteroatoms. The quantitative estimate of drug-likeness (QED) is 0.736. The second-order valence-electron chi connectivity index (χ2n) is 3.56. The van der Waals surface area contributed by atoms with Crippen molar-refractivity contribution in [3.63, 3.8) is 0 Å². The van der Waals surface area contributed by atoms with Crippen molar-refractivity contribution in [3.8, 4) is 10.4 Å². The molecule has 1 aromatic heterocycles. The van der Waals surface area contributed by atoms with E-state index in [4.69, 9.17) is 0 Å². The summed E-state index contributed by atoms with van der Waals surface area (Å²) >= 11 is 4.55. The summed E-state index contributed by atoms with van der Waals surface area (Å²) in [6.07, 6.45) is 0.475. The van der Waals surface area contributed by atoms with E-state index in [9.17, 15) is 9.18 Å². The average Bonchev–Trinajstić information content (AvgIpc) is 2.77. The lowest BCUT2D eigenvalue weighted by atomic mass is 10.2. The Hall–Kier alpha value is -1.00. The predicted molar refractivity (Wildman–Crippen MR) is 72.0 cm³/mol. The zero-order chi connectivity index (χ0) is 12.4. The van der Waals surface area contributed by atoms with Crippen LogP contribution in [0.5, 0.6) is 0 Å². The van der Waals surface area contributed by atoms with E-state index in [0.29, 0.717) is 21.3 Å². The molecule has 1 aromatic carbocycles. The molecule has 0 atom stereocenters. The number of Topliss-reactive ketones (excluding diaryl/α,β-unsaturated/α-hetero) is 1. The number of thiophene rings is 1. The van der Waals surface area contributed by atoms with E-state index in [2.05, 4.69) is 15.9 Å². The normalized spacial score (nSPS) is 10.5. The van der Waals surface area contributed by atoms with Crippen LogP contribution in [0.15, 0.2) is 34.8 Å². The topological polar surface area (TPSA) is 17.1 Å². The first-order chi connectivity index (χ1) is 8.11. The molecule has 0 radical (unpaired) electrons. The summed E-state index contributed by atoms with van der Waals surface area (Å²) in [4.78, 5) is 13.0. The predicted octanol–water partition coefficient (Wildman–Crippen LogP) is 4.91. The molecule has 1 nitrogen and oxygen atoms in total. The van der Waals surface area contributed by atoms with Gasteiger partial charge in [-0.1, -0.05) is 22.9 Å². The summed E-state index contributed by atoms with van der Waals surface area (Å²) < 4.78 is 14.4. The molecule has 0 amide bonds. The van der Waals surface area contributed by atoms with Crippen LogP contribution in [0, 0.1) is 5.82 Å². The van der Waals surface area contributed by atoms with E-state index in [-0.39, 0.29) is 11.6 Å². The lowest BCUT2D eigenvalue weighted by molar-refractivity contribution is 0.0992. The number of ketones is 1. The zero-order valence-corrected chi connectivity index (χ0v) is 11.6. The highest BCUT2D eigenvalue weighted by atomic mass is 79.9. The molecular weight excluding hydrogens is 303 g/mol. The van der Waals surface area contributed by atoms with Gasteiger partial charge in [0.25, 0.3) is 0 Å². The van der Waals surface area contributed by atoms with Gasteiger partial charge in [-0.3, -0.25) is 4.79 Å². The van der Waals surface area contributed by atoms with Crippen LogP contribution in [0.2, 0.25) is 0 Å². The Balaban J connectivity index is 2.40. The third-order valence-corrected chi connectivity index (χ3v) is 4.05. The van der Waals surface area contributed by atoms with Crippen molar-refractivity contribution in [2.75, 3.05) is 0 Å². The van der Waals surface area contributed by atoms with E-state index >= 15 is 0 Å². The molecule has 17 heavy (non-hydrogen) atoms. The van der Waals surface area contributed by atoms with E-state index in [0.717, 1.165) is 4.88 Å². The Bertz CT molecular complexity index is 562. The molecule has 0 fully saturated rings. The maximum absolute atomic E-state index is 13.7. The van der Waals surface area contributed by atoms with Crippen molar-refractivity contribution in [2.24, 2.45) is 0 Å². The number of benzene rings is 1. The van der Waals surface area contributed by atoms with Crippen LogP contribution in [0.1, 0.15) is 23.0 Å². The van der Waals surface area contributed by atoms with Crippen LogP contribution in [-0.2, 0) is 0 Å². The number of carbonyl (C=O) groups is 1. The molecule has 2 rings (SSSR count). The van der Waals surface area contributed by atoms with Crippen molar-refractivity contribution in [1.29, 1.82) is 0 Å². The van der Waals surface area contributed by atoms with Crippen LogP contribution in [-0.4, -0.2) is 5.78 Å². The standard InChI is InChI=1S/C13H10BrFOS/c1-2-11(16)13-6-5-12(17-13)9-4-3-8(14)7-10(9)15/h3-7H,2H2,1H3. The highest BCUT2D eigenvalue weighted by Crippen LogP contribution is 2.31. The highest BCUT2D eigenvalue weighted by molar-refractivity contribution is 9.10. The van der Waals surface area contributed by atoms with Gasteiger partial charge in [0.15, 0.2) is 5.78 Å². The molecule has 0 aliphatic heterocycles. The fourth-order valence-corrected chi connectivity index (χ4v) is 2.87. The minimum absolute atomic E-state index is 0.0961. The average molecular weight is 313 g/mol. The van der Waals surface area contributed by atoms with Crippen LogP contribution in [0.25, 0.3) is 10.4 Å². The largest absolute Gasteiger partial charge is 0.293 e. The molecule has 0 saturated heterocycles. The van der Waals surface area contributed by atoms with Gasteiger partial charge in [0, 0.05) is 21.3 Å². The van der Waals surface area contributed by atoms with Crippen LogP contribution in [0.4, 0.5) is 4.39 Å². The van der Waals surface area contributed by atoms with Gasteiger partial charge in [0.05, 0.1) is 4.88 Å². The lowest BCUT2D eigenvalue weighted by Crippen LogP contribution is -1.90. The van der Waals surface area contributed by atoms with E-state index in [1.54, 1.807) is 24.3 Å². The number of rotatable bonds is 3. The molecule has 0 unspecified atom stereocenters. The summed E-state index contributed by atoms with van der Waals surface area (Å²) in [6.45, 7) is 1.82. The Labute approximate surface area is 111 Å². The van der Waals surface area contributed by atoms with Gasteiger partial charge in [-0.05, 0) is 30.3 Å². The second kappa shape index (κ2) is 5.10. The lowest BCUT2D eigenvalue weighted by Gasteiger charge is -2.00. The third kappa shape index (κ3) is 2.64. The van der Waals surface area contributed by atoms with Crippen LogP contribution >= 0.6 is 27.3 Å². The number of halogens is 2. The highest BCUT2D eigenvalue weighted by Gasteiger charge is 2.11. The fourth-order valence-electron chi connectivity index (χ4n) is 1.50. The summed E-state index contributed by atoms with van der Waals surface area (Å²) in [5.74, 6) is -0.185. The Morgan fingerprint density at radius 2 is 2.12 bits per heavy atom. The summed E-state index contributed by atoms with van der Waals surface area (Å²) in [5.41, 5.74) is 0.536. The summed E-state index contributed by atoms with van der Waals surface area (Å²) in [7, 11) is 0. The number of hydrogen-bond acceptors (Lipinski definition) is 2. The molecule has 0 bridgehead atoms. The Kier molecular flexibility index (Phi) is 3.74. The second-order valence-corrected chi connectivity index (χ2v) is 5.56. The van der Waals surface area contributed by atoms with Gasteiger partial charge in [-0.15, -0.1) is 11.3 Å². The monoisotopic (exact) mass is 312 g/mol. The number of hydrogen-bond donors (Lipinski definition) is 0. The van der Waals surface area contributed by atoms with E-state index < -0.39 is 0 Å². The first-order valence-corrected chi connectivity index (χ1v) is 6.81. The zero-order valence-electron chi connectivity index (χ0n) is 9.17. The Morgan fingerprint density at radius 1 is 1.35 bits per heavy atom. The fraction of sp³-hybridized carbons (Fsp3) is 0.154. The van der Waals surface area contributed by atoms with Crippen LogP contribution in [0.3, 0.4) is 0 Å². The van der Waals surface area contributed by atoms with Gasteiger partial charge in [-0.25, -0.2) is 4.39 Å². The molecule has 88 valence electrons. The van der Waals surface area contributed by atoms with E-state index in [1.807, 2.05) is 6.92 Å². The molecule has 1 heterocycles. The van der Waals surface area contributed by atoms with E-state index in [1.165, 1.54) is 17.4 Å². The molecule has 0 aliphatic carbocycles. The van der Waals surface area contributed by atoms with Gasteiger partial charge < -0.3 is 0 Å². The van der Waals surface area contributed by atoms with Gasteiger partial charge >= 0.3 is 0 Å². The first-order valence-electron chi connectivity index (χ1n) is 5.20. The molecule has 0 aliphatic rings. The SMILES string of the molecule is CCC(=O)c1ccc(-c2ccc(Br)cc2F)s1. The van der Waals surface area contributed by atoms with Crippen molar-refractivity contribution in [3.05, 3.63) is 45.5 Å². The summed E-state index contributed by atoms with van der Waals surface area (Å²) in [5, 5.41) is 0. The van der Waals surface area contributed by atoms with Crippen molar-refractivity contribution >= 4 is 33.0 Å². The van der Waals surface area contributed by atoms with Gasteiger partial charge in [-0.2, -0.15) is 0 Å². The molecule has 2 aromatic rings. The molecule has 0 saturated carbocycles. The number of carbonyl (C=O) groups excluding carboxylic acids is 1. The Morgan fingerprint density at radius 3 is 2.76 bits per heavy atom. The van der Waals surface area contributed by atoms with Gasteiger partial charge in [0.1, 0.15) is 5.82 Å². The van der Waals surface area contributed by atoms with Crippen molar-refractivity contribution in [1.82, 2.24) is 0 Å². The maximum Gasteiger partial charge on any atom is 0.172 e. The smallest absolute Gasteiger partial charge is 0.172 e. The summed E-state index contributed by atoms with van der Waals surface area (Å²) in [6, 6.07) is 8.48. The first kappa shape index (κ1) is 12.5. The maximum atomic E-state index is 13.7. The molecule has 0 spiro atoms. The van der Waals surface area contributed by atoms with Crippen LogP contribution < -0.4 is 0 Å². The molecular formula is C13H10BrFOS. The van der Waals surface area contributed by atoms with Crippen molar-refractivity contribution in [2.45, 2.75) is 13.3 Å². The minimum Gasteiger partial charge on any atom is -0.293 e. The minimum atomic E-state index is -0.281. The molecule has 0 N–H and O–H groups in total. The third-order valence-electron chi connectivity index (χ3n) is 2.40.